The van der Waals surface area contributed by atoms with Gasteiger partial charge in [0, 0.05) is 32.2 Å². The summed E-state index contributed by atoms with van der Waals surface area (Å²) in [5.41, 5.74) is 0.638. The van der Waals surface area contributed by atoms with Crippen LogP contribution in [0.25, 0.3) is 0 Å². The summed E-state index contributed by atoms with van der Waals surface area (Å²) >= 11 is 0. The molecule has 1 aliphatic heterocycles. The number of rotatable bonds is 7. The first-order chi connectivity index (χ1) is 11.3. The van der Waals surface area contributed by atoms with Crippen LogP contribution in [0.15, 0.2) is 18.2 Å². The van der Waals surface area contributed by atoms with Gasteiger partial charge in [-0.1, -0.05) is 6.92 Å². The quantitative estimate of drug-likeness (QED) is 0.819. The van der Waals surface area contributed by atoms with Gasteiger partial charge in [-0.3, -0.25) is 14.6 Å². The third-order valence-corrected chi connectivity index (χ3v) is 4.13. The van der Waals surface area contributed by atoms with Gasteiger partial charge >= 0.3 is 5.97 Å². The van der Waals surface area contributed by atoms with E-state index in [1.165, 1.54) is 12.1 Å². The Morgan fingerprint density at radius 2 is 2.08 bits per heavy atom. The number of morpholine rings is 1. The molecule has 134 valence electrons. The number of ether oxygens (including phenoxy) is 1. The number of halogens is 2. The van der Waals surface area contributed by atoms with E-state index in [-0.39, 0.29) is 18.6 Å². The second-order valence-electron chi connectivity index (χ2n) is 6.45. The molecule has 1 aliphatic rings. The zero-order valence-electron chi connectivity index (χ0n) is 14.0. The van der Waals surface area contributed by atoms with Gasteiger partial charge in [-0.05, 0) is 30.7 Å². The number of hydrogen-bond donors (Lipinski definition) is 1. The van der Waals surface area contributed by atoms with E-state index in [4.69, 9.17) is 9.84 Å². The van der Waals surface area contributed by atoms with Crippen LogP contribution in [0.5, 0.6) is 0 Å². The Kier molecular flexibility index (Phi) is 6.65. The average molecular weight is 342 g/mol. The van der Waals surface area contributed by atoms with Gasteiger partial charge < -0.3 is 9.84 Å². The Balaban J connectivity index is 1.88. The molecule has 2 unspecified atom stereocenters. The number of carboxylic acids is 1. The number of carboxylic acid groups (broad SMARTS) is 1. The molecule has 0 bridgehead atoms. The minimum Gasteiger partial charge on any atom is -0.480 e. The molecule has 2 atom stereocenters. The van der Waals surface area contributed by atoms with Crippen LogP contribution in [0.3, 0.4) is 0 Å². The topological polar surface area (TPSA) is 53.0 Å². The third kappa shape index (κ3) is 5.81. The summed E-state index contributed by atoms with van der Waals surface area (Å²) < 4.78 is 32.4. The molecule has 0 radical (unpaired) electrons. The number of likely N-dealkylation sites (N-methyl/N-ethyl adjacent to an activating group) is 1. The van der Waals surface area contributed by atoms with Gasteiger partial charge in [-0.25, -0.2) is 8.78 Å². The van der Waals surface area contributed by atoms with E-state index >= 15 is 0 Å². The lowest BCUT2D eigenvalue weighted by molar-refractivity contribution is -0.138. The minimum atomic E-state index is -0.869. The summed E-state index contributed by atoms with van der Waals surface area (Å²) in [6.45, 7) is 5.11. The fraction of sp³-hybridized carbons (Fsp3) is 0.588. The molecule has 2 rings (SSSR count). The normalized spacial score (nSPS) is 20.3. The maximum Gasteiger partial charge on any atom is 0.317 e. The third-order valence-electron chi connectivity index (χ3n) is 4.13. The molecule has 1 fully saturated rings. The zero-order valence-corrected chi connectivity index (χ0v) is 14.0. The summed E-state index contributed by atoms with van der Waals surface area (Å²) in [7, 11) is 1.74. The van der Waals surface area contributed by atoms with Crippen molar-refractivity contribution in [2.24, 2.45) is 0 Å². The minimum absolute atomic E-state index is 0.00861. The molecule has 1 aromatic carbocycles. The second-order valence-corrected chi connectivity index (χ2v) is 6.45. The van der Waals surface area contributed by atoms with E-state index in [1.807, 2.05) is 6.92 Å². The van der Waals surface area contributed by atoms with Gasteiger partial charge in [0.25, 0.3) is 0 Å². The van der Waals surface area contributed by atoms with Crippen LogP contribution in [-0.4, -0.2) is 73.4 Å². The molecule has 0 amide bonds. The molecule has 0 aliphatic carbocycles. The number of aliphatic carboxylic acids is 1. The molecule has 1 N–H and O–H groups in total. The predicted octanol–water partition coefficient (Wildman–Crippen LogP) is 1.79. The van der Waals surface area contributed by atoms with E-state index in [0.29, 0.717) is 31.8 Å². The van der Waals surface area contributed by atoms with Crippen molar-refractivity contribution in [3.8, 4) is 0 Å². The molecule has 1 aromatic rings. The Bertz CT molecular complexity index is 551. The molecule has 0 spiro atoms. The number of carbonyl (C=O) groups is 1. The van der Waals surface area contributed by atoms with Crippen LogP contribution >= 0.6 is 0 Å². The first-order valence-electron chi connectivity index (χ1n) is 8.03. The smallest absolute Gasteiger partial charge is 0.317 e. The molecule has 1 heterocycles. The molecule has 24 heavy (non-hydrogen) atoms. The maximum atomic E-state index is 13.3. The summed E-state index contributed by atoms with van der Waals surface area (Å²) in [5.74, 6) is -2.00. The summed E-state index contributed by atoms with van der Waals surface area (Å²) in [5, 5.41) is 8.80. The molecule has 1 saturated heterocycles. The number of benzene rings is 1. The fourth-order valence-corrected chi connectivity index (χ4v) is 3.05. The molecule has 7 heteroatoms. The molecule has 0 saturated carbocycles. The Hall–Kier alpha value is -1.57. The molecule has 5 nitrogen and oxygen atoms in total. The molecule has 0 aromatic heterocycles. The van der Waals surface area contributed by atoms with Crippen LogP contribution in [0, 0.1) is 11.6 Å². The van der Waals surface area contributed by atoms with Gasteiger partial charge in [0.05, 0.1) is 19.3 Å². The van der Waals surface area contributed by atoms with Crippen molar-refractivity contribution in [3.63, 3.8) is 0 Å². The van der Waals surface area contributed by atoms with Gasteiger partial charge in [-0.15, -0.1) is 0 Å². The van der Waals surface area contributed by atoms with Gasteiger partial charge in [0.1, 0.15) is 11.6 Å². The van der Waals surface area contributed by atoms with Crippen LogP contribution in [0.1, 0.15) is 18.4 Å². The Morgan fingerprint density at radius 3 is 2.71 bits per heavy atom. The Labute approximate surface area is 140 Å². The lowest BCUT2D eigenvalue weighted by atomic mass is 10.00. The van der Waals surface area contributed by atoms with Crippen molar-refractivity contribution >= 4 is 5.97 Å². The standard InChI is InChI=1S/C17H24F2N2O3/c1-12(13-5-14(18)7-15(19)6-13)8-21-3-4-24-16(10-21)9-20(2)11-17(22)23/h5-7,12,16H,3-4,8-11H2,1-2H3,(H,22,23). The van der Waals surface area contributed by atoms with Gasteiger partial charge in [0.15, 0.2) is 0 Å². The molecular weight excluding hydrogens is 318 g/mol. The second kappa shape index (κ2) is 8.50. The van der Waals surface area contributed by atoms with Crippen LogP contribution in [0.2, 0.25) is 0 Å². The highest BCUT2D eigenvalue weighted by Crippen LogP contribution is 2.20. The SMILES string of the molecule is CC(CN1CCOC(CN(C)CC(=O)O)C1)c1cc(F)cc(F)c1. The predicted molar refractivity (Wildman–Crippen MR) is 86.1 cm³/mol. The van der Waals surface area contributed by atoms with Crippen LogP contribution in [-0.2, 0) is 9.53 Å². The van der Waals surface area contributed by atoms with Crippen molar-refractivity contribution in [2.45, 2.75) is 18.9 Å². The van der Waals surface area contributed by atoms with E-state index < -0.39 is 17.6 Å². The van der Waals surface area contributed by atoms with Gasteiger partial charge in [0.2, 0.25) is 0 Å². The zero-order chi connectivity index (χ0) is 17.7. The highest BCUT2D eigenvalue weighted by atomic mass is 19.1. The van der Waals surface area contributed by atoms with Crippen LogP contribution < -0.4 is 0 Å². The lowest BCUT2D eigenvalue weighted by Crippen LogP contribution is -2.48. The highest BCUT2D eigenvalue weighted by molar-refractivity contribution is 5.69. The van der Waals surface area contributed by atoms with Crippen molar-refractivity contribution in [1.29, 1.82) is 0 Å². The maximum absolute atomic E-state index is 13.3. The lowest BCUT2D eigenvalue weighted by Gasteiger charge is -2.35. The van der Waals surface area contributed by atoms with E-state index in [1.54, 1.807) is 11.9 Å². The van der Waals surface area contributed by atoms with Crippen molar-refractivity contribution in [3.05, 3.63) is 35.4 Å². The van der Waals surface area contributed by atoms with Gasteiger partial charge in [-0.2, -0.15) is 0 Å². The van der Waals surface area contributed by atoms with Crippen molar-refractivity contribution < 1.29 is 23.4 Å². The van der Waals surface area contributed by atoms with Crippen molar-refractivity contribution in [1.82, 2.24) is 9.80 Å². The Morgan fingerprint density at radius 1 is 1.42 bits per heavy atom. The highest BCUT2D eigenvalue weighted by Gasteiger charge is 2.24. The summed E-state index contributed by atoms with van der Waals surface area (Å²) in [6, 6.07) is 3.61. The average Bonchev–Trinajstić information content (AvgIpc) is 2.45. The van der Waals surface area contributed by atoms with Crippen LogP contribution in [0.4, 0.5) is 8.78 Å². The first-order valence-corrected chi connectivity index (χ1v) is 8.03. The first kappa shape index (κ1) is 18.8. The van der Waals surface area contributed by atoms with E-state index in [9.17, 15) is 13.6 Å². The fourth-order valence-electron chi connectivity index (χ4n) is 3.05. The molecular formula is C17H24F2N2O3. The van der Waals surface area contributed by atoms with E-state index in [0.717, 1.165) is 12.6 Å². The van der Waals surface area contributed by atoms with E-state index in [2.05, 4.69) is 4.90 Å². The largest absolute Gasteiger partial charge is 0.480 e. The van der Waals surface area contributed by atoms with Crippen molar-refractivity contribution in [2.75, 3.05) is 46.4 Å². The monoisotopic (exact) mass is 342 g/mol. The number of nitrogens with zero attached hydrogens (tertiary/aromatic N) is 2. The summed E-state index contributed by atoms with van der Waals surface area (Å²) in [6.07, 6.45) is -0.0699. The summed E-state index contributed by atoms with van der Waals surface area (Å²) in [4.78, 5) is 14.6. The number of hydrogen-bond acceptors (Lipinski definition) is 4.